The van der Waals surface area contributed by atoms with Gasteiger partial charge in [-0.25, -0.2) is 0 Å². The second kappa shape index (κ2) is 5.30. The summed E-state index contributed by atoms with van der Waals surface area (Å²) in [5, 5.41) is 9.05. The molecule has 2 saturated heterocycles. The standard InChI is InChI=1S/C11H19N3O2/c15-10-6-8(7-13-10)11(16)14-9-2-1-4-12-5-3-9/h8-9,12H,1-7H2,(H,13,15)(H,14,16). The minimum atomic E-state index is -0.163. The molecule has 2 amide bonds. The Hall–Kier alpha value is -1.10. The maximum atomic E-state index is 11.8. The summed E-state index contributed by atoms with van der Waals surface area (Å²) in [4.78, 5) is 22.9. The van der Waals surface area contributed by atoms with Crippen LogP contribution >= 0.6 is 0 Å². The van der Waals surface area contributed by atoms with E-state index >= 15 is 0 Å². The van der Waals surface area contributed by atoms with Gasteiger partial charge < -0.3 is 16.0 Å². The van der Waals surface area contributed by atoms with Crippen LogP contribution in [0.5, 0.6) is 0 Å². The van der Waals surface area contributed by atoms with E-state index in [-0.39, 0.29) is 23.8 Å². The van der Waals surface area contributed by atoms with Crippen molar-refractivity contribution in [1.29, 1.82) is 0 Å². The van der Waals surface area contributed by atoms with Crippen molar-refractivity contribution < 1.29 is 9.59 Å². The van der Waals surface area contributed by atoms with Gasteiger partial charge in [0.15, 0.2) is 0 Å². The van der Waals surface area contributed by atoms with E-state index in [9.17, 15) is 9.59 Å². The molecule has 5 nitrogen and oxygen atoms in total. The van der Waals surface area contributed by atoms with E-state index in [1.165, 1.54) is 0 Å². The van der Waals surface area contributed by atoms with E-state index in [1.807, 2.05) is 0 Å². The minimum absolute atomic E-state index is 0.0114. The number of carbonyl (C=O) groups is 2. The second-order valence-corrected chi connectivity index (χ2v) is 4.59. The molecule has 0 radical (unpaired) electrons. The summed E-state index contributed by atoms with van der Waals surface area (Å²) in [7, 11) is 0. The quantitative estimate of drug-likeness (QED) is 0.586. The monoisotopic (exact) mass is 225 g/mol. The van der Waals surface area contributed by atoms with Crippen LogP contribution in [0.3, 0.4) is 0 Å². The third kappa shape index (κ3) is 2.95. The first kappa shape index (κ1) is 11.4. The highest BCUT2D eigenvalue weighted by molar-refractivity contribution is 5.89. The molecule has 0 aromatic rings. The molecular formula is C11H19N3O2. The Morgan fingerprint density at radius 3 is 2.94 bits per heavy atom. The van der Waals surface area contributed by atoms with E-state index in [1.54, 1.807) is 0 Å². The van der Waals surface area contributed by atoms with Crippen molar-refractivity contribution in [1.82, 2.24) is 16.0 Å². The normalized spacial score (nSPS) is 30.6. The number of hydrogen-bond acceptors (Lipinski definition) is 3. The number of nitrogens with one attached hydrogen (secondary N) is 3. The molecule has 5 heteroatoms. The molecule has 2 aliphatic heterocycles. The molecule has 0 aliphatic carbocycles. The number of carbonyl (C=O) groups excluding carboxylic acids is 2. The van der Waals surface area contributed by atoms with Gasteiger partial charge in [0, 0.05) is 19.0 Å². The molecule has 2 heterocycles. The van der Waals surface area contributed by atoms with Crippen LogP contribution in [0, 0.1) is 5.92 Å². The smallest absolute Gasteiger partial charge is 0.225 e. The molecule has 3 N–H and O–H groups in total. The van der Waals surface area contributed by atoms with Gasteiger partial charge in [-0.15, -0.1) is 0 Å². The minimum Gasteiger partial charge on any atom is -0.355 e. The van der Waals surface area contributed by atoms with Gasteiger partial charge in [-0.3, -0.25) is 9.59 Å². The molecule has 0 aromatic heterocycles. The number of amides is 2. The molecular weight excluding hydrogens is 206 g/mol. The highest BCUT2D eigenvalue weighted by Crippen LogP contribution is 2.11. The number of rotatable bonds is 2. The summed E-state index contributed by atoms with van der Waals surface area (Å²) in [5.74, 6) is -0.142. The Kier molecular flexibility index (Phi) is 3.77. The SMILES string of the molecule is O=C1CC(C(=O)NC2CCCNCC2)CN1. The van der Waals surface area contributed by atoms with Gasteiger partial charge in [-0.2, -0.15) is 0 Å². The zero-order valence-corrected chi connectivity index (χ0v) is 9.42. The zero-order valence-electron chi connectivity index (χ0n) is 9.42. The molecule has 0 saturated carbocycles. The first-order valence-electron chi connectivity index (χ1n) is 6.03. The molecule has 2 atom stereocenters. The van der Waals surface area contributed by atoms with Crippen molar-refractivity contribution in [2.45, 2.75) is 31.7 Å². The third-order valence-electron chi connectivity index (χ3n) is 3.27. The zero-order chi connectivity index (χ0) is 11.4. The van der Waals surface area contributed by atoms with Gasteiger partial charge in [0.2, 0.25) is 11.8 Å². The third-order valence-corrected chi connectivity index (χ3v) is 3.27. The molecule has 2 aliphatic rings. The van der Waals surface area contributed by atoms with Crippen molar-refractivity contribution >= 4 is 11.8 Å². The van der Waals surface area contributed by atoms with Gasteiger partial charge in [-0.1, -0.05) is 0 Å². The average molecular weight is 225 g/mol. The van der Waals surface area contributed by atoms with Crippen LogP contribution in [0.1, 0.15) is 25.7 Å². The molecule has 0 aromatic carbocycles. The summed E-state index contributed by atoms with van der Waals surface area (Å²) in [6.07, 6.45) is 3.47. The Morgan fingerprint density at radius 2 is 2.19 bits per heavy atom. The van der Waals surface area contributed by atoms with Crippen molar-refractivity contribution in [3.05, 3.63) is 0 Å². The first-order chi connectivity index (χ1) is 7.75. The lowest BCUT2D eigenvalue weighted by molar-refractivity contribution is -0.127. The molecule has 90 valence electrons. The largest absolute Gasteiger partial charge is 0.355 e. The fourth-order valence-corrected chi connectivity index (χ4v) is 2.27. The molecule has 2 fully saturated rings. The van der Waals surface area contributed by atoms with Crippen molar-refractivity contribution in [3.8, 4) is 0 Å². The summed E-state index contributed by atoms with van der Waals surface area (Å²) < 4.78 is 0. The molecule has 0 bridgehead atoms. The fourth-order valence-electron chi connectivity index (χ4n) is 2.27. The second-order valence-electron chi connectivity index (χ2n) is 4.59. The summed E-state index contributed by atoms with van der Waals surface area (Å²) in [6.45, 7) is 2.50. The van der Waals surface area contributed by atoms with Gasteiger partial charge in [0.1, 0.15) is 0 Å². The lowest BCUT2D eigenvalue weighted by Gasteiger charge is -2.18. The van der Waals surface area contributed by atoms with Crippen LogP contribution in [0.25, 0.3) is 0 Å². The van der Waals surface area contributed by atoms with Crippen molar-refractivity contribution in [2.24, 2.45) is 5.92 Å². The number of hydrogen-bond donors (Lipinski definition) is 3. The van der Waals surface area contributed by atoms with Gasteiger partial charge in [0.05, 0.1) is 5.92 Å². The van der Waals surface area contributed by atoms with Crippen LogP contribution < -0.4 is 16.0 Å². The van der Waals surface area contributed by atoms with E-state index in [4.69, 9.17) is 0 Å². The van der Waals surface area contributed by atoms with Crippen molar-refractivity contribution in [2.75, 3.05) is 19.6 Å². The lowest BCUT2D eigenvalue weighted by atomic mass is 10.1. The van der Waals surface area contributed by atoms with Crippen LogP contribution in [-0.4, -0.2) is 37.5 Å². The molecule has 2 rings (SSSR count). The maximum absolute atomic E-state index is 11.8. The first-order valence-corrected chi connectivity index (χ1v) is 6.03. The predicted octanol–water partition coefficient (Wildman–Crippen LogP) is -0.619. The Labute approximate surface area is 95.3 Å². The van der Waals surface area contributed by atoms with E-state index in [2.05, 4.69) is 16.0 Å². The highest BCUT2D eigenvalue weighted by Gasteiger charge is 2.29. The molecule has 2 unspecified atom stereocenters. The van der Waals surface area contributed by atoms with Crippen LogP contribution in [0.2, 0.25) is 0 Å². The Balaban J connectivity index is 1.79. The average Bonchev–Trinajstić information content (AvgIpc) is 2.54. The predicted molar refractivity (Wildman–Crippen MR) is 59.8 cm³/mol. The topological polar surface area (TPSA) is 70.2 Å². The van der Waals surface area contributed by atoms with Crippen LogP contribution in [0.4, 0.5) is 0 Å². The van der Waals surface area contributed by atoms with Crippen molar-refractivity contribution in [3.63, 3.8) is 0 Å². The van der Waals surface area contributed by atoms with Crippen LogP contribution in [-0.2, 0) is 9.59 Å². The maximum Gasteiger partial charge on any atom is 0.225 e. The summed E-state index contributed by atoms with van der Waals surface area (Å²) in [5.41, 5.74) is 0. The fraction of sp³-hybridized carbons (Fsp3) is 0.818. The Bertz CT molecular complexity index is 272. The lowest BCUT2D eigenvalue weighted by Crippen LogP contribution is -2.40. The van der Waals surface area contributed by atoms with E-state index in [0.29, 0.717) is 13.0 Å². The summed E-state index contributed by atoms with van der Waals surface area (Å²) >= 11 is 0. The molecule has 0 spiro atoms. The van der Waals surface area contributed by atoms with Crippen LogP contribution in [0.15, 0.2) is 0 Å². The molecule has 16 heavy (non-hydrogen) atoms. The van der Waals surface area contributed by atoms with E-state index in [0.717, 1.165) is 32.4 Å². The Morgan fingerprint density at radius 1 is 1.31 bits per heavy atom. The highest BCUT2D eigenvalue weighted by atomic mass is 16.2. The van der Waals surface area contributed by atoms with Gasteiger partial charge in [0.25, 0.3) is 0 Å². The van der Waals surface area contributed by atoms with Gasteiger partial charge in [-0.05, 0) is 32.4 Å². The van der Waals surface area contributed by atoms with Gasteiger partial charge >= 0.3 is 0 Å². The summed E-state index contributed by atoms with van der Waals surface area (Å²) in [6, 6.07) is 0.276. The van der Waals surface area contributed by atoms with E-state index < -0.39 is 0 Å².